The number of aliphatic hydroxyl groups excluding tert-OH is 1. The molecule has 0 amide bonds. The zero-order valence-electron chi connectivity index (χ0n) is 78.3. The predicted molar refractivity (Wildman–Crippen MR) is 437 cm³/mol. The van der Waals surface area contributed by atoms with Crippen molar-refractivity contribution in [2.24, 2.45) is 87.1 Å². The third-order valence-electron chi connectivity index (χ3n) is 23.9. The van der Waals surface area contributed by atoms with Crippen LogP contribution in [0.25, 0.3) is 0 Å². The molecule has 0 rings (SSSR count). The number of thioether (sulfide) groups is 1. The number of ether oxygens (including phenoxy) is 17. The monoisotopic (exact) mass is 1760 g/mol. The number of carbonyl (C=O) groups excluding carboxylic acids is 17. The van der Waals surface area contributed by atoms with Crippen molar-refractivity contribution in [3.63, 3.8) is 0 Å². The van der Waals surface area contributed by atoms with E-state index in [0.29, 0.717) is 6.42 Å². The van der Waals surface area contributed by atoms with Crippen LogP contribution in [0.5, 0.6) is 0 Å². The van der Waals surface area contributed by atoms with Crippen LogP contribution in [0.3, 0.4) is 0 Å². The van der Waals surface area contributed by atoms with Crippen LogP contribution in [0.2, 0.25) is 0 Å². The first kappa shape index (κ1) is 113. The van der Waals surface area contributed by atoms with Gasteiger partial charge in [0.1, 0.15) is 19.3 Å². The van der Waals surface area contributed by atoms with E-state index in [0.717, 1.165) is 118 Å². The summed E-state index contributed by atoms with van der Waals surface area (Å²) in [4.78, 5) is 244. The molecule has 122 heavy (non-hydrogen) atoms. The quantitative estimate of drug-likeness (QED) is 0.0437. The van der Waals surface area contributed by atoms with E-state index in [2.05, 4.69) is 0 Å². The highest BCUT2D eigenvalue weighted by atomic mass is 32.2. The first-order valence-corrected chi connectivity index (χ1v) is 40.8. The number of carbonyl (C=O) groups is 17. The van der Waals surface area contributed by atoms with E-state index < -0.39 is 297 Å². The van der Waals surface area contributed by atoms with Gasteiger partial charge in [-0.3, -0.25) is 81.5 Å². The van der Waals surface area contributed by atoms with Crippen LogP contribution in [-0.4, -0.2) is 244 Å². The summed E-state index contributed by atoms with van der Waals surface area (Å²) in [5.41, 5.74) is -29.0. The fraction of sp³-hybridized carbons (Fsp3) is 0.802. The molecule has 0 aromatic carbocycles. The van der Waals surface area contributed by atoms with Crippen molar-refractivity contribution in [1.82, 2.24) is 0 Å². The molecule has 0 saturated heterocycles. The van der Waals surface area contributed by atoms with Crippen molar-refractivity contribution < 1.29 is 167 Å². The Bertz CT molecular complexity index is 3740. The maximum Gasteiger partial charge on any atom is 0.315 e. The lowest BCUT2D eigenvalue weighted by molar-refractivity contribution is -0.176. The standard InChI is InChI=1S/C86H140O35S/c1-34-72(3,4)57(90)121-37-54(87)36-120-55(88)38-122-52-86(18,71(104)119-33)51-85(17,70(103)118-32)50-84(16,69(102)117-31)49-83(15,68(101)116-30)48-82(14,67(100)115-29)47-81(13,66(99)114-28)46-80(12,65(98)113-27)45-79(11,64(97)112-26)44-78(10,63(96)111-25)43-77(9,62(95)110-24)42-76(8,61(94)109-23)41-75(7,60(93)108-22)40-74(6,59(92)107-21)39-73(5,58(91)106-20)35-53(2)56(89)105-19/h53-54,87H,34-52H2,1-33H3. The number of hydrogen-bond donors (Lipinski definition) is 1. The predicted octanol–water partition coefficient (Wildman–Crippen LogP) is 9.38. The normalized spacial score (nSPS) is 19.0. The Balaban J connectivity index is 8.72. The molecule has 0 spiro atoms. The van der Waals surface area contributed by atoms with Gasteiger partial charge in [0.25, 0.3) is 0 Å². The Morgan fingerprint density at radius 2 is 0.426 bits per heavy atom. The average molecular weight is 1770 g/mol. The van der Waals surface area contributed by atoms with E-state index in [-0.39, 0.29) is 12.2 Å². The molecule has 0 aromatic heterocycles. The Hall–Kier alpha value is -8.70. The van der Waals surface area contributed by atoms with E-state index >= 15 is 14.4 Å². The number of methoxy groups -OCH3 is 15. The van der Waals surface area contributed by atoms with Gasteiger partial charge in [0, 0.05) is 5.75 Å². The second kappa shape index (κ2) is 45.3. The molecule has 0 aliphatic carbocycles. The number of aliphatic hydroxyl groups is 1. The third kappa shape index (κ3) is 28.4. The van der Waals surface area contributed by atoms with Crippen LogP contribution in [0.15, 0.2) is 0 Å². The molecule has 0 saturated carbocycles. The zero-order chi connectivity index (χ0) is 95.6. The molecular formula is C86H140O35S. The second-order valence-corrected chi connectivity index (χ2v) is 38.3. The molecule has 36 heteroatoms. The van der Waals surface area contributed by atoms with Gasteiger partial charge in [0.05, 0.1) is 200 Å². The number of esters is 17. The highest BCUT2D eigenvalue weighted by Gasteiger charge is 2.63. The van der Waals surface area contributed by atoms with Crippen molar-refractivity contribution >= 4 is 113 Å². The molecule has 0 fully saturated rings. The fourth-order valence-electron chi connectivity index (χ4n) is 19.6. The summed E-state index contributed by atoms with van der Waals surface area (Å²) >= 11 is 0.894. The summed E-state index contributed by atoms with van der Waals surface area (Å²) in [6.07, 6.45) is -9.40. The molecular weight excluding hydrogens is 1620 g/mol. The lowest BCUT2D eigenvalue weighted by atomic mass is 9.55. The largest absolute Gasteiger partial charge is 0.469 e. The Morgan fingerprint density at radius 1 is 0.254 bits per heavy atom. The summed E-state index contributed by atoms with van der Waals surface area (Å²) in [7, 11) is 15.7. The van der Waals surface area contributed by atoms with E-state index in [4.69, 9.17) is 80.5 Å². The lowest BCUT2D eigenvalue weighted by Gasteiger charge is -2.47. The van der Waals surface area contributed by atoms with Crippen LogP contribution < -0.4 is 0 Å². The molecule has 700 valence electrons. The summed E-state index contributed by atoms with van der Waals surface area (Å²) in [6.45, 7) is 24.7. The van der Waals surface area contributed by atoms with Crippen LogP contribution in [0.4, 0.5) is 0 Å². The van der Waals surface area contributed by atoms with Gasteiger partial charge in [-0.05, 0) is 207 Å². The molecule has 16 atom stereocenters. The number of rotatable bonds is 53. The van der Waals surface area contributed by atoms with Gasteiger partial charge in [-0.1, -0.05) is 13.8 Å². The summed E-state index contributed by atoms with van der Waals surface area (Å²) < 4.78 is 91.1. The highest BCUT2D eigenvalue weighted by molar-refractivity contribution is 8.00. The van der Waals surface area contributed by atoms with Crippen LogP contribution in [0, 0.1) is 87.1 Å². The topological polar surface area (TPSA) is 467 Å². The lowest BCUT2D eigenvalue weighted by Crippen LogP contribution is -2.51. The Morgan fingerprint density at radius 3 is 0.615 bits per heavy atom. The van der Waals surface area contributed by atoms with E-state index in [1.165, 1.54) is 104 Å². The van der Waals surface area contributed by atoms with Gasteiger partial charge in [-0.2, -0.15) is 0 Å². The third-order valence-corrected chi connectivity index (χ3v) is 25.2. The molecule has 0 aliphatic rings. The minimum absolute atomic E-state index is 0.226. The molecule has 16 unspecified atom stereocenters. The first-order chi connectivity index (χ1) is 55.8. The molecule has 35 nitrogen and oxygen atoms in total. The van der Waals surface area contributed by atoms with Gasteiger partial charge in [-0.15, -0.1) is 11.8 Å². The fourth-order valence-corrected chi connectivity index (χ4v) is 20.7. The molecule has 0 aromatic rings. The Kier molecular flexibility index (Phi) is 42.0. The maximum absolute atomic E-state index is 15.0. The van der Waals surface area contributed by atoms with Crippen molar-refractivity contribution in [3.8, 4) is 0 Å². The van der Waals surface area contributed by atoms with Gasteiger partial charge in [-0.25, -0.2) is 0 Å². The summed E-state index contributed by atoms with van der Waals surface area (Å²) in [5, 5.41) is 10.5. The van der Waals surface area contributed by atoms with Crippen LogP contribution in [-0.2, 0) is 162 Å². The molecule has 0 heterocycles. The molecule has 1 N–H and O–H groups in total. The minimum Gasteiger partial charge on any atom is -0.469 e. The first-order valence-electron chi connectivity index (χ1n) is 39.6. The smallest absolute Gasteiger partial charge is 0.315 e. The number of hydrogen-bond acceptors (Lipinski definition) is 36. The van der Waals surface area contributed by atoms with Crippen LogP contribution >= 0.6 is 11.8 Å². The van der Waals surface area contributed by atoms with Crippen molar-refractivity contribution in [2.75, 3.05) is 131 Å². The second-order valence-electron chi connectivity index (χ2n) is 37.3. The van der Waals surface area contributed by atoms with Gasteiger partial charge >= 0.3 is 101 Å². The highest BCUT2D eigenvalue weighted by Crippen LogP contribution is 2.60. The molecule has 0 aliphatic heterocycles. The van der Waals surface area contributed by atoms with E-state index in [1.54, 1.807) is 20.8 Å². The van der Waals surface area contributed by atoms with Crippen molar-refractivity contribution in [3.05, 3.63) is 0 Å². The summed E-state index contributed by atoms with van der Waals surface area (Å²) in [6, 6.07) is 0. The maximum atomic E-state index is 15.0. The van der Waals surface area contributed by atoms with E-state index in [1.807, 2.05) is 0 Å². The van der Waals surface area contributed by atoms with Crippen LogP contribution in [0.1, 0.15) is 221 Å². The van der Waals surface area contributed by atoms with E-state index in [9.17, 15) is 72.2 Å². The minimum atomic E-state index is -2.16. The average Bonchev–Trinajstić information content (AvgIpc) is 0.794. The molecule has 0 radical (unpaired) electrons. The van der Waals surface area contributed by atoms with Crippen molar-refractivity contribution in [2.45, 2.75) is 227 Å². The summed E-state index contributed by atoms with van der Waals surface area (Å²) in [5.74, 6) is -17.9. The van der Waals surface area contributed by atoms with Gasteiger partial charge < -0.3 is 85.6 Å². The zero-order valence-corrected chi connectivity index (χ0v) is 79.1. The van der Waals surface area contributed by atoms with Gasteiger partial charge in [0.15, 0.2) is 0 Å². The Labute approximate surface area is 722 Å². The van der Waals surface area contributed by atoms with Crippen molar-refractivity contribution in [1.29, 1.82) is 0 Å². The van der Waals surface area contributed by atoms with Gasteiger partial charge in [0.2, 0.25) is 0 Å². The SMILES string of the molecule is CCC(C)(C)C(=O)OCC(O)COC(=O)CSCC(C)(CC(C)(CC(C)(CC(C)(CC(C)(CC(C)(CC(C)(CC(C)(CC(C)(CC(C)(CC(C)(CC(C)(CC(C)(CC(C)(CC(C)C(=O)OC)C(=O)OC)C(=O)OC)C(=O)OC)C(=O)OC)C(=O)OC)C(=O)OC)C(=O)OC)C(=O)OC)C(=O)OC)C(=O)OC)C(=O)OC)C(=O)OC)C(=O)OC)C(=O)OC. The molecule has 0 bridgehead atoms.